The van der Waals surface area contributed by atoms with Crippen molar-refractivity contribution in [1.82, 2.24) is 0 Å². The van der Waals surface area contributed by atoms with E-state index in [4.69, 9.17) is 16.3 Å². The molecule has 0 heterocycles. The molecule has 15 heavy (non-hydrogen) atoms. The second kappa shape index (κ2) is 5.73. The second-order valence-electron chi connectivity index (χ2n) is 3.03. The van der Waals surface area contributed by atoms with Gasteiger partial charge in [-0.25, -0.2) is 4.39 Å². The zero-order valence-electron chi connectivity index (χ0n) is 8.28. The van der Waals surface area contributed by atoms with E-state index in [9.17, 15) is 9.50 Å². The van der Waals surface area contributed by atoms with Gasteiger partial charge in [-0.05, 0) is 31.2 Å². The molecular weight excluding hydrogens is 219 g/mol. The van der Waals surface area contributed by atoms with Crippen LogP contribution < -0.4 is 4.74 Å². The first kappa shape index (κ1) is 12.0. The molecule has 0 unspecified atom stereocenters. The highest BCUT2D eigenvalue weighted by atomic mass is 35.5. The minimum Gasteiger partial charge on any atom is -0.489 e. The average molecular weight is 231 g/mol. The molecule has 1 atom stereocenters. The van der Waals surface area contributed by atoms with Crippen LogP contribution in [0.5, 0.6) is 5.75 Å². The van der Waals surface area contributed by atoms with Gasteiger partial charge < -0.3 is 9.84 Å². The van der Waals surface area contributed by atoms with E-state index in [1.807, 2.05) is 0 Å². The largest absolute Gasteiger partial charge is 0.489 e. The van der Waals surface area contributed by atoms with Gasteiger partial charge in [0.25, 0.3) is 0 Å². The molecule has 0 amide bonds. The minimum absolute atomic E-state index is 0.287. The molecule has 4 heteroatoms. The normalized spacial score (nSPS) is 13.1. The fourth-order valence-electron chi connectivity index (χ4n) is 1.15. The van der Waals surface area contributed by atoms with E-state index in [1.165, 1.54) is 23.7 Å². The summed E-state index contributed by atoms with van der Waals surface area (Å²) < 4.78 is 18.2. The molecule has 1 rings (SSSR count). The predicted octanol–water partition coefficient (Wildman–Crippen LogP) is 3.01. The van der Waals surface area contributed by atoms with Crippen molar-refractivity contribution in [3.05, 3.63) is 41.2 Å². The lowest BCUT2D eigenvalue weighted by Crippen LogP contribution is -2.01. The Labute approximate surface area is 92.9 Å². The number of hydrogen-bond donors (Lipinski definition) is 1. The maximum absolute atomic E-state index is 12.9. The van der Waals surface area contributed by atoms with Gasteiger partial charge in [-0.2, -0.15) is 0 Å². The summed E-state index contributed by atoms with van der Waals surface area (Å²) in [7, 11) is 0. The number of hydrogen-bond acceptors (Lipinski definition) is 2. The fourth-order valence-corrected chi connectivity index (χ4v) is 1.22. The van der Waals surface area contributed by atoms with Gasteiger partial charge in [0.05, 0.1) is 6.10 Å². The van der Waals surface area contributed by atoms with E-state index in [0.29, 0.717) is 11.3 Å². The lowest BCUT2D eigenvalue weighted by molar-refractivity contribution is 0.192. The summed E-state index contributed by atoms with van der Waals surface area (Å²) in [6.45, 7) is 1.84. The van der Waals surface area contributed by atoms with E-state index in [1.54, 1.807) is 13.0 Å². The molecule has 0 saturated carbocycles. The molecule has 1 aromatic rings. The van der Waals surface area contributed by atoms with Crippen LogP contribution in [0.2, 0.25) is 0 Å². The third-order valence-corrected chi connectivity index (χ3v) is 2.02. The van der Waals surface area contributed by atoms with Crippen LogP contribution in [0.15, 0.2) is 29.8 Å². The van der Waals surface area contributed by atoms with Crippen molar-refractivity contribution < 1.29 is 14.2 Å². The Morgan fingerprint density at radius 3 is 2.93 bits per heavy atom. The molecule has 1 N–H and O–H groups in total. The van der Waals surface area contributed by atoms with Crippen LogP contribution in [0.25, 0.3) is 0 Å². The SMILES string of the molecule is C[C@@H](O)c1cc(F)ccc1OCC=CCl. The zero-order valence-corrected chi connectivity index (χ0v) is 9.04. The van der Waals surface area contributed by atoms with Gasteiger partial charge in [-0.3, -0.25) is 0 Å². The third kappa shape index (κ3) is 3.53. The molecule has 0 aliphatic carbocycles. The van der Waals surface area contributed by atoms with E-state index in [0.717, 1.165) is 0 Å². The number of aliphatic hydroxyl groups is 1. The maximum atomic E-state index is 12.9. The first-order valence-corrected chi connectivity index (χ1v) is 4.94. The molecule has 0 bridgehead atoms. The van der Waals surface area contributed by atoms with Crippen LogP contribution in [0.1, 0.15) is 18.6 Å². The highest BCUT2D eigenvalue weighted by Crippen LogP contribution is 2.25. The summed E-state index contributed by atoms with van der Waals surface area (Å²) in [4.78, 5) is 0. The molecule has 0 aliphatic heterocycles. The Morgan fingerprint density at radius 1 is 1.60 bits per heavy atom. The Morgan fingerprint density at radius 2 is 2.33 bits per heavy atom. The Bertz CT molecular complexity index is 350. The summed E-state index contributed by atoms with van der Waals surface area (Å²) in [5.74, 6) is 0.0623. The predicted molar refractivity (Wildman–Crippen MR) is 57.5 cm³/mol. The average Bonchev–Trinajstić information content (AvgIpc) is 2.20. The van der Waals surface area contributed by atoms with Gasteiger partial charge in [0.1, 0.15) is 18.2 Å². The number of halogens is 2. The Balaban J connectivity index is 2.85. The van der Waals surface area contributed by atoms with E-state index < -0.39 is 11.9 Å². The molecule has 0 aliphatic rings. The monoisotopic (exact) mass is 230 g/mol. The second-order valence-corrected chi connectivity index (χ2v) is 3.28. The molecule has 0 radical (unpaired) electrons. The third-order valence-electron chi connectivity index (χ3n) is 1.85. The van der Waals surface area contributed by atoms with Gasteiger partial charge >= 0.3 is 0 Å². The quantitative estimate of drug-likeness (QED) is 0.862. The first-order valence-electron chi connectivity index (χ1n) is 4.50. The van der Waals surface area contributed by atoms with Crippen molar-refractivity contribution in [2.45, 2.75) is 13.0 Å². The zero-order chi connectivity index (χ0) is 11.3. The lowest BCUT2D eigenvalue weighted by Gasteiger charge is -2.12. The van der Waals surface area contributed by atoms with Crippen LogP contribution in [-0.4, -0.2) is 11.7 Å². The summed E-state index contributed by atoms with van der Waals surface area (Å²) in [6, 6.07) is 4.02. The van der Waals surface area contributed by atoms with Crippen molar-refractivity contribution in [1.29, 1.82) is 0 Å². The molecule has 2 nitrogen and oxygen atoms in total. The number of benzene rings is 1. The van der Waals surface area contributed by atoms with Gasteiger partial charge in [0.15, 0.2) is 0 Å². The molecule has 0 saturated heterocycles. The first-order chi connectivity index (χ1) is 7.15. The van der Waals surface area contributed by atoms with Crippen LogP contribution >= 0.6 is 11.6 Å². The Hall–Kier alpha value is -1.06. The van der Waals surface area contributed by atoms with Crippen molar-refractivity contribution in [3.8, 4) is 5.75 Å². The topological polar surface area (TPSA) is 29.5 Å². The molecule has 0 spiro atoms. The van der Waals surface area contributed by atoms with Gasteiger partial charge in [-0.15, -0.1) is 0 Å². The minimum atomic E-state index is -0.768. The van der Waals surface area contributed by atoms with E-state index in [-0.39, 0.29) is 6.61 Å². The Kier molecular flexibility index (Phi) is 4.59. The smallest absolute Gasteiger partial charge is 0.125 e. The fraction of sp³-hybridized carbons (Fsp3) is 0.273. The highest BCUT2D eigenvalue weighted by molar-refractivity contribution is 6.25. The molecular formula is C11H12ClFO2. The number of aliphatic hydroxyl groups excluding tert-OH is 1. The summed E-state index contributed by atoms with van der Waals surface area (Å²) in [5, 5.41) is 9.39. The number of ether oxygens (including phenoxy) is 1. The van der Waals surface area contributed by atoms with Crippen LogP contribution in [0, 0.1) is 5.82 Å². The standard InChI is InChI=1S/C11H12ClFO2/c1-8(14)10-7-9(13)3-4-11(10)15-6-2-5-12/h2-5,7-8,14H,6H2,1H3/t8-/m1/s1. The highest BCUT2D eigenvalue weighted by Gasteiger charge is 2.09. The molecule has 82 valence electrons. The van der Waals surface area contributed by atoms with E-state index >= 15 is 0 Å². The van der Waals surface area contributed by atoms with Gasteiger partial charge in [0.2, 0.25) is 0 Å². The van der Waals surface area contributed by atoms with Crippen LogP contribution in [0.4, 0.5) is 4.39 Å². The molecule has 1 aromatic carbocycles. The van der Waals surface area contributed by atoms with Crippen molar-refractivity contribution in [3.63, 3.8) is 0 Å². The van der Waals surface area contributed by atoms with Crippen LogP contribution in [0.3, 0.4) is 0 Å². The van der Waals surface area contributed by atoms with Gasteiger partial charge in [0, 0.05) is 11.1 Å². The lowest BCUT2D eigenvalue weighted by atomic mass is 10.1. The van der Waals surface area contributed by atoms with Crippen LogP contribution in [-0.2, 0) is 0 Å². The molecule has 0 fully saturated rings. The van der Waals surface area contributed by atoms with E-state index in [2.05, 4.69) is 0 Å². The van der Waals surface area contributed by atoms with Crippen molar-refractivity contribution in [2.24, 2.45) is 0 Å². The van der Waals surface area contributed by atoms with Crippen molar-refractivity contribution in [2.75, 3.05) is 6.61 Å². The summed E-state index contributed by atoms with van der Waals surface area (Å²) in [6.07, 6.45) is 0.840. The van der Waals surface area contributed by atoms with Crippen molar-refractivity contribution >= 4 is 11.6 Å². The summed E-state index contributed by atoms with van der Waals surface area (Å²) in [5.41, 5.74) is 1.77. The summed E-state index contributed by atoms with van der Waals surface area (Å²) >= 11 is 5.33. The number of rotatable bonds is 4. The molecule has 0 aromatic heterocycles. The maximum Gasteiger partial charge on any atom is 0.125 e. The van der Waals surface area contributed by atoms with Gasteiger partial charge in [-0.1, -0.05) is 11.6 Å².